The maximum Gasteiger partial charge on any atom is 0.0240 e. The Kier molecular flexibility index (Phi) is 4.69. The fourth-order valence-electron chi connectivity index (χ4n) is 3.10. The molecule has 0 spiro atoms. The van der Waals surface area contributed by atoms with Crippen LogP contribution in [0.1, 0.15) is 18.9 Å². The predicted molar refractivity (Wildman–Crippen MR) is 88.3 cm³/mol. The molecular weight excluding hydrogens is 268 g/mol. The molecule has 2 nitrogen and oxygen atoms in total. The van der Waals surface area contributed by atoms with E-state index in [0.717, 1.165) is 26.2 Å². The van der Waals surface area contributed by atoms with E-state index in [1.807, 2.05) is 0 Å². The van der Waals surface area contributed by atoms with Gasteiger partial charge in [-0.05, 0) is 41.3 Å². The summed E-state index contributed by atoms with van der Waals surface area (Å²) in [7, 11) is 0. The molecule has 1 aliphatic rings. The molecule has 1 fully saturated rings. The highest BCUT2D eigenvalue weighted by Crippen LogP contribution is 2.30. The van der Waals surface area contributed by atoms with Crippen LogP contribution in [-0.2, 0) is 6.54 Å². The Labute approximate surface area is 127 Å². The molecular formula is C17H23ClN2. The summed E-state index contributed by atoms with van der Waals surface area (Å²) in [4.78, 5) is 2.54. The second kappa shape index (κ2) is 6.13. The van der Waals surface area contributed by atoms with E-state index < -0.39 is 0 Å². The Hall–Kier alpha value is -1.09. The second-order valence-corrected chi connectivity index (χ2v) is 6.11. The minimum atomic E-state index is 0. The van der Waals surface area contributed by atoms with Gasteiger partial charge in [0, 0.05) is 13.1 Å². The first kappa shape index (κ1) is 15.3. The molecule has 3 rings (SSSR count). The van der Waals surface area contributed by atoms with Gasteiger partial charge in [0.25, 0.3) is 0 Å². The van der Waals surface area contributed by atoms with Crippen LogP contribution in [0.5, 0.6) is 0 Å². The van der Waals surface area contributed by atoms with Gasteiger partial charge in [-0.3, -0.25) is 4.90 Å². The number of nitrogens with zero attached hydrogens (tertiary/aromatic N) is 1. The summed E-state index contributed by atoms with van der Waals surface area (Å²) in [6.07, 6.45) is 1.22. The van der Waals surface area contributed by atoms with Gasteiger partial charge in [-0.25, -0.2) is 0 Å². The number of halogens is 1. The summed E-state index contributed by atoms with van der Waals surface area (Å²) in [5, 5.41) is 2.71. The second-order valence-electron chi connectivity index (χ2n) is 6.11. The average Bonchev–Trinajstić information content (AvgIpc) is 2.82. The molecule has 1 heterocycles. The summed E-state index contributed by atoms with van der Waals surface area (Å²) < 4.78 is 0. The van der Waals surface area contributed by atoms with Crippen LogP contribution in [0.25, 0.3) is 10.8 Å². The minimum Gasteiger partial charge on any atom is -0.330 e. The Morgan fingerprint density at radius 1 is 1.15 bits per heavy atom. The first-order valence-corrected chi connectivity index (χ1v) is 7.09. The lowest BCUT2D eigenvalue weighted by molar-refractivity contribution is 0.275. The third-order valence-corrected chi connectivity index (χ3v) is 4.40. The van der Waals surface area contributed by atoms with Crippen LogP contribution >= 0.6 is 12.4 Å². The Morgan fingerprint density at radius 2 is 1.90 bits per heavy atom. The maximum atomic E-state index is 5.89. The Morgan fingerprint density at radius 3 is 2.65 bits per heavy atom. The third kappa shape index (κ3) is 2.98. The number of fused-ring (bicyclic) bond motifs is 1. The molecule has 1 saturated heterocycles. The molecule has 0 radical (unpaired) electrons. The fourth-order valence-corrected chi connectivity index (χ4v) is 3.10. The molecule has 2 N–H and O–H groups in total. The lowest BCUT2D eigenvalue weighted by Gasteiger charge is -2.23. The molecule has 0 aromatic heterocycles. The number of nitrogens with two attached hydrogens (primary N) is 1. The molecule has 2 aromatic carbocycles. The molecule has 0 saturated carbocycles. The molecule has 3 heteroatoms. The van der Waals surface area contributed by atoms with Crippen molar-refractivity contribution >= 4 is 23.2 Å². The summed E-state index contributed by atoms with van der Waals surface area (Å²) >= 11 is 0. The van der Waals surface area contributed by atoms with Gasteiger partial charge >= 0.3 is 0 Å². The Balaban J connectivity index is 0.00000147. The van der Waals surface area contributed by atoms with Crippen molar-refractivity contribution < 1.29 is 0 Å². The summed E-state index contributed by atoms with van der Waals surface area (Å²) in [6, 6.07) is 15.2. The zero-order valence-electron chi connectivity index (χ0n) is 12.0. The lowest BCUT2D eigenvalue weighted by atomic mass is 9.90. The van der Waals surface area contributed by atoms with Gasteiger partial charge in [-0.1, -0.05) is 49.4 Å². The molecule has 0 amide bonds. The lowest BCUT2D eigenvalue weighted by Crippen LogP contribution is -2.31. The molecule has 0 aliphatic carbocycles. The minimum absolute atomic E-state index is 0. The van der Waals surface area contributed by atoms with Gasteiger partial charge in [-0.15, -0.1) is 12.4 Å². The molecule has 20 heavy (non-hydrogen) atoms. The van der Waals surface area contributed by atoms with Crippen molar-refractivity contribution in [2.75, 3.05) is 19.6 Å². The van der Waals surface area contributed by atoms with Crippen molar-refractivity contribution in [1.82, 2.24) is 4.90 Å². The highest BCUT2D eigenvalue weighted by Gasteiger charge is 2.32. The van der Waals surface area contributed by atoms with Crippen LogP contribution in [0.3, 0.4) is 0 Å². The largest absolute Gasteiger partial charge is 0.330 e. The molecule has 108 valence electrons. The van der Waals surface area contributed by atoms with Gasteiger partial charge in [0.05, 0.1) is 0 Å². The summed E-state index contributed by atoms with van der Waals surface area (Å²) in [5.41, 5.74) is 7.63. The standard InChI is InChI=1S/C17H22N2.ClH/c1-17(12-18)9-10-19(13-17)11-15-7-4-6-14-5-2-3-8-16(14)15;/h2-8H,9-13,18H2,1H3;1H. The van der Waals surface area contributed by atoms with Gasteiger partial charge < -0.3 is 5.73 Å². The van der Waals surface area contributed by atoms with E-state index in [1.165, 1.54) is 22.8 Å². The van der Waals surface area contributed by atoms with E-state index in [0.29, 0.717) is 5.41 Å². The number of hydrogen-bond donors (Lipinski definition) is 1. The van der Waals surface area contributed by atoms with Crippen molar-refractivity contribution in [1.29, 1.82) is 0 Å². The highest BCUT2D eigenvalue weighted by molar-refractivity contribution is 5.85. The topological polar surface area (TPSA) is 29.3 Å². The van der Waals surface area contributed by atoms with Crippen LogP contribution in [-0.4, -0.2) is 24.5 Å². The molecule has 2 aromatic rings. The van der Waals surface area contributed by atoms with E-state index in [4.69, 9.17) is 5.73 Å². The zero-order chi connectivity index (χ0) is 13.3. The van der Waals surface area contributed by atoms with Gasteiger partial charge in [0.2, 0.25) is 0 Å². The third-order valence-electron chi connectivity index (χ3n) is 4.40. The highest BCUT2D eigenvalue weighted by atomic mass is 35.5. The van der Waals surface area contributed by atoms with Crippen molar-refractivity contribution in [3.05, 3.63) is 48.0 Å². The molecule has 0 bridgehead atoms. The van der Waals surface area contributed by atoms with Crippen molar-refractivity contribution in [2.45, 2.75) is 19.9 Å². The van der Waals surface area contributed by atoms with E-state index in [-0.39, 0.29) is 12.4 Å². The maximum absolute atomic E-state index is 5.89. The average molecular weight is 291 g/mol. The van der Waals surface area contributed by atoms with Crippen molar-refractivity contribution in [3.8, 4) is 0 Å². The molecule has 1 unspecified atom stereocenters. The fraction of sp³-hybridized carbons (Fsp3) is 0.412. The Bertz CT molecular complexity index is 579. The van der Waals surface area contributed by atoms with Crippen LogP contribution < -0.4 is 5.73 Å². The van der Waals surface area contributed by atoms with E-state index in [1.54, 1.807) is 0 Å². The monoisotopic (exact) mass is 290 g/mol. The smallest absolute Gasteiger partial charge is 0.0240 e. The van der Waals surface area contributed by atoms with Crippen molar-refractivity contribution in [3.63, 3.8) is 0 Å². The number of hydrogen-bond acceptors (Lipinski definition) is 2. The van der Waals surface area contributed by atoms with E-state index >= 15 is 0 Å². The van der Waals surface area contributed by atoms with Crippen LogP contribution in [0.15, 0.2) is 42.5 Å². The summed E-state index contributed by atoms with van der Waals surface area (Å²) in [5.74, 6) is 0. The number of benzene rings is 2. The zero-order valence-corrected chi connectivity index (χ0v) is 12.8. The van der Waals surface area contributed by atoms with Gasteiger partial charge in [0.1, 0.15) is 0 Å². The van der Waals surface area contributed by atoms with Crippen LogP contribution in [0, 0.1) is 5.41 Å². The number of rotatable bonds is 3. The van der Waals surface area contributed by atoms with Crippen LogP contribution in [0.4, 0.5) is 0 Å². The SMILES string of the molecule is CC1(CN)CCN(Cc2cccc3ccccc23)C1.Cl. The predicted octanol–water partition coefficient (Wildman–Crippen LogP) is 3.43. The van der Waals surface area contributed by atoms with Crippen molar-refractivity contribution in [2.24, 2.45) is 11.1 Å². The van der Waals surface area contributed by atoms with E-state index in [2.05, 4.69) is 54.3 Å². The van der Waals surface area contributed by atoms with Gasteiger partial charge in [-0.2, -0.15) is 0 Å². The van der Waals surface area contributed by atoms with Crippen LogP contribution in [0.2, 0.25) is 0 Å². The number of likely N-dealkylation sites (tertiary alicyclic amines) is 1. The molecule has 1 atom stereocenters. The first-order chi connectivity index (χ1) is 9.20. The molecule has 1 aliphatic heterocycles. The first-order valence-electron chi connectivity index (χ1n) is 7.09. The van der Waals surface area contributed by atoms with E-state index in [9.17, 15) is 0 Å². The van der Waals surface area contributed by atoms with Gasteiger partial charge in [0.15, 0.2) is 0 Å². The summed E-state index contributed by atoms with van der Waals surface area (Å²) in [6.45, 7) is 6.41. The quantitative estimate of drug-likeness (QED) is 0.938. The normalized spacial score (nSPS) is 22.9.